The smallest absolute Gasteiger partial charge is 0.270 e. The lowest BCUT2D eigenvalue weighted by Gasteiger charge is -2.26. The number of nitrogens with one attached hydrogen (secondary N) is 2. The zero-order chi connectivity index (χ0) is 24.2. The van der Waals surface area contributed by atoms with Gasteiger partial charge >= 0.3 is 0 Å². The van der Waals surface area contributed by atoms with Gasteiger partial charge in [0.15, 0.2) is 11.5 Å². The Morgan fingerprint density at radius 2 is 2.14 bits per heavy atom. The fourth-order valence-electron chi connectivity index (χ4n) is 4.37. The molecule has 10 heteroatoms. The number of imidazole rings is 1. The van der Waals surface area contributed by atoms with Crippen LogP contribution in [0.4, 0.5) is 5.82 Å². The molecule has 1 aromatic carbocycles. The van der Waals surface area contributed by atoms with E-state index in [0.717, 1.165) is 36.1 Å². The van der Waals surface area contributed by atoms with Crippen molar-refractivity contribution in [2.75, 3.05) is 31.2 Å². The molecule has 10 nitrogen and oxygen atoms in total. The van der Waals surface area contributed by atoms with Gasteiger partial charge in [-0.05, 0) is 38.8 Å². The summed E-state index contributed by atoms with van der Waals surface area (Å²) in [5.74, 6) is 1.22. The van der Waals surface area contributed by atoms with Crippen molar-refractivity contribution in [3.8, 4) is 5.75 Å². The van der Waals surface area contributed by atoms with Crippen LogP contribution in [0.3, 0.4) is 0 Å². The number of aromatic nitrogens is 5. The molecule has 182 valence electrons. The fraction of sp³-hybridized carbons (Fsp3) is 0.400. The number of nitrogens with zero attached hydrogens (tertiary/aromatic N) is 5. The van der Waals surface area contributed by atoms with E-state index in [2.05, 4.69) is 35.1 Å². The fourth-order valence-corrected chi connectivity index (χ4v) is 4.37. The Morgan fingerprint density at radius 3 is 3.03 bits per heavy atom. The Labute approximate surface area is 203 Å². The summed E-state index contributed by atoms with van der Waals surface area (Å²) >= 11 is 0. The first-order valence-corrected chi connectivity index (χ1v) is 11.9. The van der Waals surface area contributed by atoms with Gasteiger partial charge in [0.25, 0.3) is 5.91 Å². The maximum Gasteiger partial charge on any atom is 0.270 e. The van der Waals surface area contributed by atoms with Gasteiger partial charge in [0.1, 0.15) is 29.9 Å². The van der Waals surface area contributed by atoms with Crippen LogP contribution in [0.5, 0.6) is 5.75 Å². The van der Waals surface area contributed by atoms with Gasteiger partial charge in [0, 0.05) is 24.5 Å². The lowest BCUT2D eigenvalue weighted by atomic mass is 10.1. The Hall–Kier alpha value is -3.79. The van der Waals surface area contributed by atoms with Crippen LogP contribution in [0.2, 0.25) is 0 Å². The van der Waals surface area contributed by atoms with Gasteiger partial charge in [-0.2, -0.15) is 0 Å². The highest BCUT2D eigenvalue weighted by molar-refractivity contribution is 5.97. The molecule has 5 rings (SSSR count). The number of amides is 1. The average Bonchev–Trinajstić information content (AvgIpc) is 3.54. The minimum absolute atomic E-state index is 0.118. The third-order valence-electron chi connectivity index (χ3n) is 6.03. The van der Waals surface area contributed by atoms with Crippen LogP contribution in [-0.4, -0.2) is 69.3 Å². The van der Waals surface area contributed by atoms with Gasteiger partial charge in [-0.3, -0.25) is 4.79 Å². The summed E-state index contributed by atoms with van der Waals surface area (Å²) in [4.78, 5) is 35.7. The van der Waals surface area contributed by atoms with Crippen LogP contribution < -0.4 is 15.0 Å². The number of pyridine rings is 1. The SMILES string of the molecule is CC(C)OCCNC(=O)c1cc(OC[C@H]2CCCN2c2ncnc3nc[nH]c23)c2ccccc2n1. The first-order valence-electron chi connectivity index (χ1n) is 11.9. The van der Waals surface area contributed by atoms with E-state index >= 15 is 0 Å². The van der Waals surface area contributed by atoms with Crippen molar-refractivity contribution >= 4 is 33.8 Å². The number of ether oxygens (including phenoxy) is 2. The summed E-state index contributed by atoms with van der Waals surface area (Å²) in [7, 11) is 0. The molecular formula is C25H29N7O3. The van der Waals surface area contributed by atoms with Crippen LogP contribution >= 0.6 is 0 Å². The normalized spacial score (nSPS) is 15.9. The molecule has 0 aliphatic carbocycles. The van der Waals surface area contributed by atoms with Gasteiger partial charge in [-0.25, -0.2) is 19.9 Å². The van der Waals surface area contributed by atoms with Crippen LogP contribution in [0, 0.1) is 0 Å². The number of H-pyrrole nitrogens is 1. The van der Waals surface area contributed by atoms with E-state index in [1.807, 2.05) is 38.1 Å². The second kappa shape index (κ2) is 10.2. The monoisotopic (exact) mass is 475 g/mol. The number of carbonyl (C=O) groups is 1. The second-order valence-corrected chi connectivity index (χ2v) is 8.80. The predicted octanol–water partition coefficient (Wildman–Crippen LogP) is 3.10. The average molecular weight is 476 g/mol. The number of hydrogen-bond donors (Lipinski definition) is 2. The van der Waals surface area contributed by atoms with Crippen molar-refractivity contribution in [3.63, 3.8) is 0 Å². The summed E-state index contributed by atoms with van der Waals surface area (Å²) in [6.45, 7) is 6.12. The number of benzene rings is 1. The number of rotatable bonds is 9. The van der Waals surface area contributed by atoms with Crippen LogP contribution in [0.15, 0.2) is 43.0 Å². The molecule has 1 aliphatic rings. The minimum Gasteiger partial charge on any atom is -0.491 e. The van der Waals surface area contributed by atoms with Crippen LogP contribution in [-0.2, 0) is 4.74 Å². The minimum atomic E-state index is -0.252. The number of carbonyl (C=O) groups excluding carboxylic acids is 1. The van der Waals surface area contributed by atoms with Crippen molar-refractivity contribution in [3.05, 3.63) is 48.7 Å². The first-order chi connectivity index (χ1) is 17.1. The molecule has 4 heterocycles. The van der Waals surface area contributed by atoms with Crippen LogP contribution in [0.25, 0.3) is 22.1 Å². The number of hydrogen-bond acceptors (Lipinski definition) is 8. The lowest BCUT2D eigenvalue weighted by Crippen LogP contribution is -2.35. The maximum atomic E-state index is 12.8. The Bertz CT molecular complexity index is 1320. The number of para-hydroxylation sites is 1. The number of fused-ring (bicyclic) bond motifs is 2. The molecule has 1 saturated heterocycles. The third kappa shape index (κ3) is 5.02. The summed E-state index contributed by atoms with van der Waals surface area (Å²) in [6.07, 6.45) is 5.31. The van der Waals surface area contributed by atoms with Crippen molar-refractivity contribution in [2.45, 2.75) is 38.8 Å². The summed E-state index contributed by atoms with van der Waals surface area (Å²) in [5, 5.41) is 3.74. The molecule has 35 heavy (non-hydrogen) atoms. The first kappa shape index (κ1) is 23.0. The van der Waals surface area contributed by atoms with Crippen molar-refractivity contribution in [1.82, 2.24) is 30.2 Å². The Balaban J connectivity index is 1.34. The summed E-state index contributed by atoms with van der Waals surface area (Å²) in [5.41, 5.74) is 2.51. The third-order valence-corrected chi connectivity index (χ3v) is 6.03. The molecule has 3 aromatic heterocycles. The number of aromatic amines is 1. The van der Waals surface area contributed by atoms with Gasteiger partial charge < -0.3 is 24.7 Å². The van der Waals surface area contributed by atoms with Gasteiger partial charge in [-0.1, -0.05) is 12.1 Å². The molecule has 0 radical (unpaired) electrons. The zero-order valence-electron chi connectivity index (χ0n) is 19.9. The van der Waals surface area contributed by atoms with E-state index < -0.39 is 0 Å². The van der Waals surface area contributed by atoms with E-state index in [-0.39, 0.29) is 18.1 Å². The van der Waals surface area contributed by atoms with E-state index in [4.69, 9.17) is 9.47 Å². The van der Waals surface area contributed by atoms with E-state index in [1.165, 1.54) is 0 Å². The molecule has 1 aliphatic heterocycles. The molecule has 1 amide bonds. The molecule has 0 unspecified atom stereocenters. The highest BCUT2D eigenvalue weighted by atomic mass is 16.5. The molecule has 1 fully saturated rings. The lowest BCUT2D eigenvalue weighted by molar-refractivity contribution is 0.0745. The number of anilines is 1. The highest BCUT2D eigenvalue weighted by Crippen LogP contribution is 2.30. The molecule has 0 spiro atoms. The van der Waals surface area contributed by atoms with Crippen molar-refractivity contribution in [2.24, 2.45) is 0 Å². The van der Waals surface area contributed by atoms with Crippen molar-refractivity contribution < 1.29 is 14.3 Å². The van der Waals surface area contributed by atoms with Gasteiger partial charge in [-0.15, -0.1) is 0 Å². The molecule has 1 atom stereocenters. The van der Waals surface area contributed by atoms with Crippen LogP contribution in [0.1, 0.15) is 37.2 Å². The largest absolute Gasteiger partial charge is 0.491 e. The molecule has 4 aromatic rings. The van der Waals surface area contributed by atoms with E-state index in [9.17, 15) is 4.79 Å². The topological polar surface area (TPSA) is 118 Å². The maximum absolute atomic E-state index is 12.8. The molecule has 2 N–H and O–H groups in total. The quantitative estimate of drug-likeness (QED) is 0.355. The van der Waals surface area contributed by atoms with Crippen molar-refractivity contribution in [1.29, 1.82) is 0 Å². The summed E-state index contributed by atoms with van der Waals surface area (Å²) < 4.78 is 11.8. The standard InChI is InChI=1S/C25H29N7O3/c1-16(2)34-11-9-26-25(33)20-12-21(18-7-3-4-8-19(18)31-20)35-13-17-6-5-10-32(17)24-22-23(28-14-27-22)29-15-30-24/h3-4,7-8,12,14-17H,5-6,9-11,13H2,1-2H3,(H,26,33)(H,27,28,29,30)/t17-/m1/s1. The van der Waals surface area contributed by atoms with E-state index in [1.54, 1.807) is 18.7 Å². The predicted molar refractivity (Wildman–Crippen MR) is 133 cm³/mol. The van der Waals surface area contributed by atoms with Gasteiger partial charge in [0.05, 0.1) is 30.6 Å². The zero-order valence-corrected chi connectivity index (χ0v) is 19.9. The highest BCUT2D eigenvalue weighted by Gasteiger charge is 2.28. The Morgan fingerprint density at radius 1 is 1.26 bits per heavy atom. The van der Waals surface area contributed by atoms with E-state index in [0.29, 0.717) is 42.4 Å². The van der Waals surface area contributed by atoms with Gasteiger partial charge in [0.2, 0.25) is 0 Å². The molecule has 0 bridgehead atoms. The molecular weight excluding hydrogens is 446 g/mol. The molecule has 0 saturated carbocycles. The summed E-state index contributed by atoms with van der Waals surface area (Å²) in [6, 6.07) is 9.55. The second-order valence-electron chi connectivity index (χ2n) is 8.80. The Kier molecular flexibility index (Phi) is 6.71.